The van der Waals surface area contributed by atoms with Gasteiger partial charge in [0.15, 0.2) is 0 Å². The van der Waals surface area contributed by atoms with Crippen LogP contribution in [0.5, 0.6) is 0 Å². The quantitative estimate of drug-likeness (QED) is 0.431. The summed E-state index contributed by atoms with van der Waals surface area (Å²) in [4.78, 5) is 0. The molecule has 184 valence electrons. The number of rotatable bonds is 6. The molecule has 3 nitrogen and oxygen atoms in total. The van der Waals surface area contributed by atoms with E-state index in [1.54, 1.807) is 0 Å². The summed E-state index contributed by atoms with van der Waals surface area (Å²) in [5.74, 6) is 2.99. The van der Waals surface area contributed by atoms with Crippen molar-refractivity contribution in [3.05, 3.63) is 11.6 Å². The summed E-state index contributed by atoms with van der Waals surface area (Å²) in [5.41, 5.74) is 0.935. The molecule has 0 aromatic rings. The first-order valence-electron chi connectivity index (χ1n) is 13.7. The molecule has 10 atom stereocenters. The molecule has 3 fully saturated rings. The fourth-order valence-corrected chi connectivity index (χ4v) is 9.31. The van der Waals surface area contributed by atoms with Crippen molar-refractivity contribution in [2.24, 2.45) is 46.3 Å². The van der Waals surface area contributed by atoms with E-state index in [4.69, 9.17) is 0 Å². The van der Waals surface area contributed by atoms with E-state index in [9.17, 15) is 15.3 Å². The molecule has 32 heavy (non-hydrogen) atoms. The summed E-state index contributed by atoms with van der Waals surface area (Å²) in [7, 11) is 0. The minimum absolute atomic E-state index is 0.112. The Labute approximate surface area is 197 Å². The van der Waals surface area contributed by atoms with Gasteiger partial charge < -0.3 is 15.3 Å². The molecule has 0 aliphatic heterocycles. The third kappa shape index (κ3) is 3.93. The van der Waals surface area contributed by atoms with Crippen LogP contribution in [-0.2, 0) is 0 Å². The van der Waals surface area contributed by atoms with Crippen molar-refractivity contribution in [3.8, 4) is 0 Å². The van der Waals surface area contributed by atoms with E-state index in [2.05, 4.69) is 47.6 Å². The van der Waals surface area contributed by atoms with Crippen LogP contribution in [0.15, 0.2) is 11.6 Å². The fraction of sp³-hybridized carbons (Fsp3) is 0.931. The molecule has 0 aromatic heterocycles. The van der Waals surface area contributed by atoms with Crippen LogP contribution in [-0.4, -0.2) is 33.1 Å². The molecule has 3 N–H and O–H groups in total. The van der Waals surface area contributed by atoms with Gasteiger partial charge in [-0.05, 0) is 111 Å². The molecule has 0 unspecified atom stereocenters. The molecule has 0 saturated heterocycles. The Morgan fingerprint density at radius 2 is 1.78 bits per heavy atom. The lowest BCUT2D eigenvalue weighted by Crippen LogP contribution is -2.56. The first kappa shape index (κ1) is 24.7. The van der Waals surface area contributed by atoms with E-state index in [0.717, 1.165) is 51.4 Å². The van der Waals surface area contributed by atoms with Crippen molar-refractivity contribution in [1.29, 1.82) is 0 Å². The summed E-state index contributed by atoms with van der Waals surface area (Å²) in [5, 5.41) is 33.4. The van der Waals surface area contributed by atoms with Gasteiger partial charge in [0.25, 0.3) is 0 Å². The van der Waals surface area contributed by atoms with Crippen LogP contribution < -0.4 is 0 Å². The van der Waals surface area contributed by atoms with Crippen LogP contribution in [0.25, 0.3) is 0 Å². The van der Waals surface area contributed by atoms with E-state index in [1.807, 2.05) is 0 Å². The van der Waals surface area contributed by atoms with Gasteiger partial charge in [-0.3, -0.25) is 0 Å². The van der Waals surface area contributed by atoms with E-state index in [0.29, 0.717) is 35.5 Å². The topological polar surface area (TPSA) is 60.7 Å². The van der Waals surface area contributed by atoms with E-state index >= 15 is 0 Å². The van der Waals surface area contributed by atoms with Gasteiger partial charge in [-0.25, -0.2) is 0 Å². The zero-order chi connectivity index (χ0) is 23.5. The molecule has 0 radical (unpaired) electrons. The lowest BCUT2D eigenvalue weighted by atomic mass is 9.46. The summed E-state index contributed by atoms with van der Waals surface area (Å²) in [6.45, 7) is 13.9. The first-order chi connectivity index (χ1) is 14.9. The standard InChI is InChI=1S/C29H50O3/c1-7-19(18(2)3)10-15-29(6,32)25-9-8-22-26-23(12-14-28(22,25)5)27(4)13-11-21(30)16-20(27)17-24(26)31/h17-19,21-26,30-32H,7-16H2,1-6H3/t19-,21+,22+,23-,24-,25+,26-,27+,28+,29+/m1/s1. The van der Waals surface area contributed by atoms with E-state index in [1.165, 1.54) is 18.4 Å². The predicted molar refractivity (Wildman–Crippen MR) is 131 cm³/mol. The van der Waals surface area contributed by atoms with Crippen molar-refractivity contribution >= 4 is 0 Å². The molecule has 0 bridgehead atoms. The smallest absolute Gasteiger partial charge is 0.0757 e. The second-order valence-electron chi connectivity index (χ2n) is 13.3. The minimum Gasteiger partial charge on any atom is -0.393 e. The summed E-state index contributed by atoms with van der Waals surface area (Å²) >= 11 is 0. The van der Waals surface area contributed by atoms with Gasteiger partial charge in [0.05, 0.1) is 17.8 Å². The second-order valence-corrected chi connectivity index (χ2v) is 13.3. The van der Waals surface area contributed by atoms with Crippen LogP contribution in [0.3, 0.4) is 0 Å². The van der Waals surface area contributed by atoms with Crippen molar-refractivity contribution < 1.29 is 15.3 Å². The van der Waals surface area contributed by atoms with Crippen molar-refractivity contribution in [1.82, 2.24) is 0 Å². The van der Waals surface area contributed by atoms with Gasteiger partial charge in [-0.1, -0.05) is 52.7 Å². The molecule has 0 amide bonds. The predicted octanol–water partition coefficient (Wildman–Crippen LogP) is 6.11. The number of hydrogen-bond donors (Lipinski definition) is 3. The molecule has 0 heterocycles. The minimum atomic E-state index is -0.627. The number of hydrogen-bond acceptors (Lipinski definition) is 3. The molecule has 0 aromatic carbocycles. The van der Waals surface area contributed by atoms with Gasteiger partial charge in [0.2, 0.25) is 0 Å². The molecular weight excluding hydrogens is 396 g/mol. The summed E-state index contributed by atoms with van der Waals surface area (Å²) in [6.07, 6.45) is 11.9. The molecule has 0 spiro atoms. The molecule has 4 aliphatic rings. The third-order valence-electron chi connectivity index (χ3n) is 11.3. The lowest BCUT2D eigenvalue weighted by Gasteiger charge is -2.60. The number of aliphatic hydroxyl groups excluding tert-OH is 2. The van der Waals surface area contributed by atoms with Crippen molar-refractivity contribution in [2.45, 2.75) is 124 Å². The van der Waals surface area contributed by atoms with Crippen molar-refractivity contribution in [3.63, 3.8) is 0 Å². The maximum atomic E-state index is 11.8. The van der Waals surface area contributed by atoms with Gasteiger partial charge in [0.1, 0.15) is 0 Å². The monoisotopic (exact) mass is 446 g/mol. The van der Waals surface area contributed by atoms with E-state index < -0.39 is 11.7 Å². The average Bonchev–Trinajstić information content (AvgIpc) is 3.07. The zero-order valence-electron chi connectivity index (χ0n) is 21.6. The normalized spacial score (nSPS) is 46.6. The highest BCUT2D eigenvalue weighted by Gasteiger charge is 2.62. The van der Waals surface area contributed by atoms with Crippen LogP contribution >= 0.6 is 0 Å². The fourth-order valence-electron chi connectivity index (χ4n) is 9.31. The molecule has 3 heteroatoms. The summed E-state index contributed by atoms with van der Waals surface area (Å²) < 4.78 is 0. The molecule has 4 rings (SSSR count). The summed E-state index contributed by atoms with van der Waals surface area (Å²) in [6, 6.07) is 0. The first-order valence-corrected chi connectivity index (χ1v) is 13.7. The lowest BCUT2D eigenvalue weighted by molar-refractivity contribution is -0.126. The van der Waals surface area contributed by atoms with Crippen LogP contribution in [0, 0.1) is 46.3 Å². The Balaban J connectivity index is 1.56. The average molecular weight is 447 g/mol. The van der Waals surface area contributed by atoms with Crippen molar-refractivity contribution in [2.75, 3.05) is 0 Å². The van der Waals surface area contributed by atoms with E-state index in [-0.39, 0.29) is 16.9 Å². The maximum absolute atomic E-state index is 11.8. The van der Waals surface area contributed by atoms with Gasteiger partial charge >= 0.3 is 0 Å². The second kappa shape index (κ2) is 8.68. The Bertz CT molecular complexity index is 711. The number of fused-ring (bicyclic) bond motifs is 5. The molecule has 4 aliphatic carbocycles. The maximum Gasteiger partial charge on any atom is 0.0757 e. The van der Waals surface area contributed by atoms with Gasteiger partial charge in [-0.15, -0.1) is 0 Å². The Morgan fingerprint density at radius 1 is 1.06 bits per heavy atom. The molecular formula is C29H50O3. The molecule has 3 saturated carbocycles. The van der Waals surface area contributed by atoms with Crippen LogP contribution in [0.2, 0.25) is 0 Å². The van der Waals surface area contributed by atoms with Gasteiger partial charge in [0, 0.05) is 0 Å². The highest BCUT2D eigenvalue weighted by atomic mass is 16.3. The highest BCUT2D eigenvalue weighted by molar-refractivity contribution is 5.28. The Hall–Kier alpha value is -0.380. The number of aliphatic hydroxyl groups is 3. The largest absolute Gasteiger partial charge is 0.393 e. The zero-order valence-corrected chi connectivity index (χ0v) is 21.6. The van der Waals surface area contributed by atoms with Crippen LogP contribution in [0.4, 0.5) is 0 Å². The van der Waals surface area contributed by atoms with Gasteiger partial charge in [-0.2, -0.15) is 0 Å². The van der Waals surface area contributed by atoms with Crippen LogP contribution in [0.1, 0.15) is 106 Å². The SMILES string of the molecule is CC[C@H](CC[C@](C)(O)[C@H]1CC[C@H]2[C@H]3[C@H](O)C=C4C[C@@H](O)CC[C@]4(C)[C@@H]3CC[C@@]21C)C(C)C. The highest BCUT2D eigenvalue weighted by Crippen LogP contribution is 2.67. The Kier molecular flexibility index (Phi) is 6.71. The Morgan fingerprint density at radius 3 is 2.44 bits per heavy atom. The third-order valence-corrected chi connectivity index (χ3v) is 11.3.